The van der Waals surface area contributed by atoms with E-state index >= 15 is 0 Å². The van der Waals surface area contributed by atoms with Gasteiger partial charge >= 0.3 is 0 Å². The van der Waals surface area contributed by atoms with E-state index in [0.29, 0.717) is 5.15 Å². The van der Waals surface area contributed by atoms with Gasteiger partial charge in [-0.1, -0.05) is 17.7 Å². The zero-order valence-electron chi connectivity index (χ0n) is 8.37. The number of benzene rings is 1. The Balaban J connectivity index is 2.25. The number of aryl methyl sites for hydroxylation is 1. The molecule has 0 amide bonds. The molecule has 1 N–H and O–H groups in total. The Morgan fingerprint density at radius 1 is 1.47 bits per heavy atom. The van der Waals surface area contributed by atoms with Crippen LogP contribution < -0.4 is 0 Å². The molecule has 1 saturated carbocycles. The monoisotopic (exact) mass is 222 g/mol. The van der Waals surface area contributed by atoms with Gasteiger partial charge in [-0.3, -0.25) is 4.68 Å². The Morgan fingerprint density at radius 3 is 2.87 bits per heavy atom. The molecule has 4 heteroatoms. The zero-order chi connectivity index (χ0) is 10.6. The van der Waals surface area contributed by atoms with E-state index in [-0.39, 0.29) is 0 Å². The number of hydrogen-bond donors (Lipinski definition) is 1. The molecule has 0 atom stereocenters. The smallest absolute Gasteiger partial charge is 0.158 e. The number of aliphatic hydroxyl groups is 1. The van der Waals surface area contributed by atoms with Crippen LogP contribution in [0.4, 0.5) is 0 Å². The number of nitrogens with zero attached hydrogens (tertiary/aromatic N) is 2. The summed E-state index contributed by atoms with van der Waals surface area (Å²) in [6, 6.07) is 5.83. The molecule has 0 radical (unpaired) electrons. The molecule has 3 rings (SSSR count). The molecule has 0 bridgehead atoms. The van der Waals surface area contributed by atoms with E-state index < -0.39 is 5.60 Å². The molecular weight excluding hydrogens is 212 g/mol. The highest BCUT2D eigenvalue weighted by Gasteiger charge is 2.42. The lowest BCUT2D eigenvalue weighted by molar-refractivity contribution is 0.151. The second-order valence-corrected chi connectivity index (χ2v) is 4.54. The van der Waals surface area contributed by atoms with Gasteiger partial charge < -0.3 is 5.11 Å². The van der Waals surface area contributed by atoms with Crippen LogP contribution in [0.2, 0.25) is 5.15 Å². The van der Waals surface area contributed by atoms with Gasteiger partial charge in [0.15, 0.2) is 5.15 Å². The normalized spacial score (nSPS) is 18.3. The first kappa shape index (κ1) is 9.19. The fraction of sp³-hybridized carbons (Fsp3) is 0.364. The maximum absolute atomic E-state index is 9.99. The number of hydrogen-bond acceptors (Lipinski definition) is 2. The van der Waals surface area contributed by atoms with E-state index in [9.17, 15) is 5.11 Å². The van der Waals surface area contributed by atoms with Crippen LogP contribution in [-0.2, 0) is 12.6 Å². The average Bonchev–Trinajstić information content (AvgIpc) is 2.90. The first-order valence-electron chi connectivity index (χ1n) is 4.95. The predicted octanol–water partition coefficient (Wildman–Crippen LogP) is 2.21. The molecule has 1 aromatic heterocycles. The first-order chi connectivity index (χ1) is 7.10. The Bertz CT molecular complexity index is 543. The Morgan fingerprint density at radius 2 is 2.20 bits per heavy atom. The van der Waals surface area contributed by atoms with Crippen LogP contribution in [-0.4, -0.2) is 14.9 Å². The summed E-state index contributed by atoms with van der Waals surface area (Å²) in [5, 5.41) is 15.6. The third-order valence-electron chi connectivity index (χ3n) is 3.07. The molecule has 0 saturated heterocycles. The Kier molecular flexibility index (Phi) is 1.68. The number of fused-ring (bicyclic) bond motifs is 1. The molecule has 78 valence electrons. The van der Waals surface area contributed by atoms with Crippen LogP contribution in [0.3, 0.4) is 0 Å². The molecule has 1 aromatic carbocycles. The van der Waals surface area contributed by atoms with E-state index in [1.54, 1.807) is 4.68 Å². The van der Waals surface area contributed by atoms with E-state index in [1.165, 1.54) is 0 Å². The summed E-state index contributed by atoms with van der Waals surface area (Å²) in [6.07, 6.45) is 1.70. The van der Waals surface area contributed by atoms with Crippen molar-refractivity contribution in [2.75, 3.05) is 0 Å². The van der Waals surface area contributed by atoms with Gasteiger partial charge in [-0.25, -0.2) is 0 Å². The van der Waals surface area contributed by atoms with Gasteiger partial charge in [0.1, 0.15) is 0 Å². The highest BCUT2D eigenvalue weighted by molar-refractivity contribution is 6.34. The van der Waals surface area contributed by atoms with Crippen molar-refractivity contribution < 1.29 is 5.11 Å². The summed E-state index contributed by atoms with van der Waals surface area (Å²) in [5.74, 6) is 0. The predicted molar refractivity (Wildman–Crippen MR) is 58.9 cm³/mol. The maximum atomic E-state index is 9.99. The van der Waals surface area contributed by atoms with Gasteiger partial charge in [-0.05, 0) is 30.5 Å². The summed E-state index contributed by atoms with van der Waals surface area (Å²) < 4.78 is 1.74. The first-order valence-corrected chi connectivity index (χ1v) is 5.33. The van der Waals surface area contributed by atoms with Crippen LogP contribution in [0.25, 0.3) is 10.9 Å². The lowest BCUT2D eigenvalue weighted by atomic mass is 10.1. The molecule has 1 aliphatic rings. The second kappa shape index (κ2) is 2.74. The third kappa shape index (κ3) is 1.27. The quantitative estimate of drug-likeness (QED) is 0.804. The largest absolute Gasteiger partial charge is 0.385 e. The van der Waals surface area contributed by atoms with E-state index in [2.05, 4.69) is 5.10 Å². The highest BCUT2D eigenvalue weighted by Crippen LogP contribution is 2.46. The molecule has 1 fully saturated rings. The van der Waals surface area contributed by atoms with Crippen LogP contribution in [0, 0.1) is 0 Å². The molecule has 3 nitrogen and oxygen atoms in total. The summed E-state index contributed by atoms with van der Waals surface area (Å²) in [5.41, 5.74) is 1.35. The van der Waals surface area contributed by atoms with Gasteiger partial charge in [0.05, 0.1) is 11.1 Å². The summed E-state index contributed by atoms with van der Waals surface area (Å²) >= 11 is 5.97. The highest BCUT2D eigenvalue weighted by atomic mass is 35.5. The fourth-order valence-electron chi connectivity index (χ4n) is 1.91. The lowest BCUT2D eigenvalue weighted by Gasteiger charge is -2.07. The van der Waals surface area contributed by atoms with Crippen LogP contribution >= 0.6 is 11.6 Å². The van der Waals surface area contributed by atoms with Crippen molar-refractivity contribution in [3.8, 4) is 0 Å². The van der Waals surface area contributed by atoms with Gasteiger partial charge in [-0.2, -0.15) is 5.10 Å². The van der Waals surface area contributed by atoms with E-state index in [4.69, 9.17) is 11.6 Å². The SMILES string of the molecule is Cn1nc(Cl)c2ccc(C3(O)CC3)cc21. The number of rotatable bonds is 1. The topological polar surface area (TPSA) is 38.0 Å². The minimum Gasteiger partial charge on any atom is -0.385 e. The van der Waals surface area contributed by atoms with Crippen molar-refractivity contribution in [3.05, 3.63) is 28.9 Å². The molecule has 1 aliphatic carbocycles. The van der Waals surface area contributed by atoms with Gasteiger partial charge in [-0.15, -0.1) is 0 Å². The van der Waals surface area contributed by atoms with Crippen LogP contribution in [0.1, 0.15) is 18.4 Å². The van der Waals surface area contributed by atoms with Crippen molar-refractivity contribution in [2.24, 2.45) is 7.05 Å². The molecular formula is C11H11ClN2O. The molecule has 0 unspecified atom stereocenters. The summed E-state index contributed by atoms with van der Waals surface area (Å²) in [7, 11) is 1.86. The number of aromatic nitrogens is 2. The van der Waals surface area contributed by atoms with Crippen molar-refractivity contribution in [1.82, 2.24) is 9.78 Å². The van der Waals surface area contributed by atoms with Crippen molar-refractivity contribution >= 4 is 22.5 Å². The Hall–Kier alpha value is -1.06. The summed E-state index contributed by atoms with van der Waals surface area (Å²) in [4.78, 5) is 0. The van der Waals surface area contributed by atoms with E-state index in [1.807, 2.05) is 25.2 Å². The minimum atomic E-state index is -0.592. The number of halogens is 1. The van der Waals surface area contributed by atoms with Crippen LogP contribution in [0.5, 0.6) is 0 Å². The average molecular weight is 223 g/mol. The molecule has 15 heavy (non-hydrogen) atoms. The summed E-state index contributed by atoms with van der Waals surface area (Å²) in [6.45, 7) is 0. The van der Waals surface area contributed by atoms with Gasteiger partial charge in [0.25, 0.3) is 0 Å². The zero-order valence-corrected chi connectivity index (χ0v) is 9.12. The minimum absolute atomic E-state index is 0.516. The van der Waals surface area contributed by atoms with Crippen LogP contribution in [0.15, 0.2) is 18.2 Å². The van der Waals surface area contributed by atoms with Crippen molar-refractivity contribution in [2.45, 2.75) is 18.4 Å². The molecule has 2 aromatic rings. The third-order valence-corrected chi connectivity index (χ3v) is 3.35. The maximum Gasteiger partial charge on any atom is 0.158 e. The van der Waals surface area contributed by atoms with Gasteiger partial charge in [0, 0.05) is 12.4 Å². The van der Waals surface area contributed by atoms with Gasteiger partial charge in [0.2, 0.25) is 0 Å². The van der Waals surface area contributed by atoms with Crippen molar-refractivity contribution in [3.63, 3.8) is 0 Å². The lowest BCUT2D eigenvalue weighted by Crippen LogP contribution is -2.03. The molecule has 0 aliphatic heterocycles. The fourth-order valence-corrected chi connectivity index (χ4v) is 2.18. The standard InChI is InChI=1S/C11H11ClN2O/c1-14-9-6-7(11(15)4-5-11)2-3-8(9)10(12)13-14/h2-3,6,15H,4-5H2,1H3. The molecule has 1 heterocycles. The van der Waals surface area contributed by atoms with E-state index in [0.717, 1.165) is 29.3 Å². The van der Waals surface area contributed by atoms with Crippen molar-refractivity contribution in [1.29, 1.82) is 0 Å². The molecule has 0 spiro atoms. The Labute approximate surface area is 92.3 Å². The second-order valence-electron chi connectivity index (χ2n) is 4.18.